The molecule has 2 aromatic carbocycles. The zero-order chi connectivity index (χ0) is 14.7. The van der Waals surface area contributed by atoms with E-state index in [2.05, 4.69) is 16.4 Å². The van der Waals surface area contributed by atoms with Gasteiger partial charge < -0.3 is 5.32 Å². The van der Waals surface area contributed by atoms with Gasteiger partial charge in [-0.1, -0.05) is 29.8 Å². The molecule has 102 valence electrons. The second kappa shape index (κ2) is 5.64. The van der Waals surface area contributed by atoms with E-state index in [0.29, 0.717) is 0 Å². The predicted molar refractivity (Wildman–Crippen MR) is 84.9 cm³/mol. The highest BCUT2D eigenvalue weighted by Gasteiger charge is 2.10. The summed E-state index contributed by atoms with van der Waals surface area (Å²) >= 11 is 0. The van der Waals surface area contributed by atoms with Crippen LogP contribution >= 0.6 is 0 Å². The van der Waals surface area contributed by atoms with Gasteiger partial charge in [-0.15, -0.1) is 0 Å². The van der Waals surface area contributed by atoms with Crippen LogP contribution in [0.3, 0.4) is 0 Å². The molecule has 0 spiro atoms. The minimum atomic E-state index is -0.377. The van der Waals surface area contributed by atoms with Gasteiger partial charge >= 0.3 is 0 Å². The van der Waals surface area contributed by atoms with Crippen molar-refractivity contribution in [2.24, 2.45) is 0 Å². The molecular formula is C18H15N3. The molecule has 3 nitrogen and oxygen atoms in total. The Morgan fingerprint density at radius 2 is 1.90 bits per heavy atom. The zero-order valence-corrected chi connectivity index (χ0v) is 11.7. The molecule has 1 heterocycles. The molecule has 0 fully saturated rings. The largest absolute Gasteiger partial charge is 0.366 e. The minimum Gasteiger partial charge on any atom is -0.366 e. The van der Waals surface area contributed by atoms with Crippen molar-refractivity contribution in [3.05, 3.63) is 71.9 Å². The van der Waals surface area contributed by atoms with Crippen LogP contribution < -0.4 is 5.32 Å². The fourth-order valence-corrected chi connectivity index (χ4v) is 2.28. The van der Waals surface area contributed by atoms with Crippen LogP contribution in [0.25, 0.3) is 10.9 Å². The Kier molecular flexibility index (Phi) is 3.53. The number of hydrogen-bond donors (Lipinski definition) is 1. The number of rotatable bonds is 3. The number of nitrogens with one attached hydrogen (secondary N) is 1. The van der Waals surface area contributed by atoms with Crippen LogP contribution in [-0.4, -0.2) is 4.98 Å². The maximum absolute atomic E-state index is 9.44. The molecule has 0 aliphatic heterocycles. The van der Waals surface area contributed by atoms with Crippen molar-refractivity contribution in [2.45, 2.75) is 13.0 Å². The molecule has 0 aliphatic rings. The number of nitrogens with zero attached hydrogens (tertiary/aromatic N) is 2. The van der Waals surface area contributed by atoms with Crippen molar-refractivity contribution in [1.82, 2.24) is 4.98 Å². The fraction of sp³-hybridized carbons (Fsp3) is 0.111. The Bertz CT molecular complexity index is 801. The van der Waals surface area contributed by atoms with Crippen LogP contribution in [0.5, 0.6) is 0 Å². The lowest BCUT2D eigenvalue weighted by molar-refractivity contribution is 1.000. The maximum Gasteiger partial charge on any atom is 0.140 e. The number of nitriles is 1. The van der Waals surface area contributed by atoms with Gasteiger partial charge in [-0.05, 0) is 42.8 Å². The molecule has 0 saturated heterocycles. The molecule has 0 bridgehead atoms. The van der Waals surface area contributed by atoms with Gasteiger partial charge in [0.05, 0.1) is 11.6 Å². The average Bonchev–Trinajstić information content (AvgIpc) is 2.54. The van der Waals surface area contributed by atoms with E-state index in [0.717, 1.165) is 22.2 Å². The summed E-state index contributed by atoms with van der Waals surface area (Å²) in [5, 5.41) is 13.7. The van der Waals surface area contributed by atoms with Gasteiger partial charge in [0.2, 0.25) is 0 Å². The molecule has 0 amide bonds. The molecule has 1 N–H and O–H groups in total. The number of hydrogen-bond acceptors (Lipinski definition) is 3. The normalized spacial score (nSPS) is 11.8. The van der Waals surface area contributed by atoms with E-state index >= 15 is 0 Å². The maximum atomic E-state index is 9.44. The van der Waals surface area contributed by atoms with E-state index in [1.54, 1.807) is 6.20 Å². The standard InChI is InChI=1S/C18H15N3/c1-13-4-7-16(8-5-13)21-18(12-19)15-6-9-17-14(11-15)3-2-10-20-17/h2-11,18,21H,1H3. The van der Waals surface area contributed by atoms with Crippen LogP contribution in [0.4, 0.5) is 5.69 Å². The number of benzene rings is 2. The zero-order valence-electron chi connectivity index (χ0n) is 11.7. The highest BCUT2D eigenvalue weighted by Crippen LogP contribution is 2.22. The summed E-state index contributed by atoms with van der Waals surface area (Å²) in [5.74, 6) is 0. The minimum absolute atomic E-state index is 0.377. The third-order valence-electron chi connectivity index (χ3n) is 3.45. The quantitative estimate of drug-likeness (QED) is 0.777. The smallest absolute Gasteiger partial charge is 0.140 e. The highest BCUT2D eigenvalue weighted by atomic mass is 14.9. The average molecular weight is 273 g/mol. The summed E-state index contributed by atoms with van der Waals surface area (Å²) < 4.78 is 0. The molecular weight excluding hydrogens is 258 g/mol. The summed E-state index contributed by atoms with van der Waals surface area (Å²) in [6.45, 7) is 2.04. The summed E-state index contributed by atoms with van der Waals surface area (Å²) in [4.78, 5) is 4.30. The third-order valence-corrected chi connectivity index (χ3v) is 3.45. The summed E-state index contributed by atoms with van der Waals surface area (Å²) in [6.07, 6.45) is 1.77. The number of pyridine rings is 1. The lowest BCUT2D eigenvalue weighted by Gasteiger charge is -2.14. The second-order valence-electron chi connectivity index (χ2n) is 5.03. The van der Waals surface area contributed by atoms with Crippen molar-refractivity contribution in [2.75, 3.05) is 5.32 Å². The van der Waals surface area contributed by atoms with Crippen molar-refractivity contribution in [1.29, 1.82) is 5.26 Å². The monoisotopic (exact) mass is 273 g/mol. The van der Waals surface area contributed by atoms with Crippen molar-refractivity contribution in [3.8, 4) is 6.07 Å². The third kappa shape index (κ3) is 2.85. The van der Waals surface area contributed by atoms with E-state index in [9.17, 15) is 5.26 Å². The van der Waals surface area contributed by atoms with E-state index in [4.69, 9.17) is 0 Å². The number of fused-ring (bicyclic) bond motifs is 1. The van der Waals surface area contributed by atoms with Crippen LogP contribution in [0, 0.1) is 18.3 Å². The van der Waals surface area contributed by atoms with Gasteiger partial charge in [0.25, 0.3) is 0 Å². The molecule has 3 heteroatoms. The van der Waals surface area contributed by atoms with E-state index in [-0.39, 0.29) is 6.04 Å². The van der Waals surface area contributed by atoms with Crippen molar-refractivity contribution < 1.29 is 0 Å². The van der Waals surface area contributed by atoms with Crippen LogP contribution in [0.1, 0.15) is 17.2 Å². The summed E-state index contributed by atoms with van der Waals surface area (Å²) in [5.41, 5.74) is 4.02. The number of aryl methyl sites for hydroxylation is 1. The molecule has 1 aromatic heterocycles. The molecule has 21 heavy (non-hydrogen) atoms. The first kappa shape index (κ1) is 13.1. The van der Waals surface area contributed by atoms with Gasteiger partial charge in [-0.2, -0.15) is 5.26 Å². The van der Waals surface area contributed by atoms with E-state index in [1.165, 1.54) is 5.56 Å². The van der Waals surface area contributed by atoms with Gasteiger partial charge in [0.1, 0.15) is 6.04 Å². The number of anilines is 1. The fourth-order valence-electron chi connectivity index (χ4n) is 2.28. The van der Waals surface area contributed by atoms with Gasteiger partial charge in [-0.3, -0.25) is 4.98 Å². The summed E-state index contributed by atoms with van der Waals surface area (Å²) in [6, 6.07) is 19.8. The SMILES string of the molecule is Cc1ccc(NC(C#N)c2ccc3ncccc3c2)cc1. The van der Waals surface area contributed by atoms with Gasteiger partial charge in [0, 0.05) is 17.3 Å². The van der Waals surface area contributed by atoms with Crippen LogP contribution in [0.2, 0.25) is 0 Å². The first-order chi connectivity index (χ1) is 10.3. The lowest BCUT2D eigenvalue weighted by Crippen LogP contribution is -2.08. The van der Waals surface area contributed by atoms with E-state index in [1.807, 2.05) is 61.5 Å². The molecule has 0 saturated carbocycles. The van der Waals surface area contributed by atoms with Crippen molar-refractivity contribution >= 4 is 16.6 Å². The predicted octanol–water partition coefficient (Wildman–Crippen LogP) is 4.22. The summed E-state index contributed by atoms with van der Waals surface area (Å²) in [7, 11) is 0. The molecule has 0 radical (unpaired) electrons. The first-order valence-electron chi connectivity index (χ1n) is 6.84. The van der Waals surface area contributed by atoms with Gasteiger partial charge in [0.15, 0.2) is 0 Å². The second-order valence-corrected chi connectivity index (χ2v) is 5.03. The Morgan fingerprint density at radius 3 is 2.67 bits per heavy atom. The van der Waals surface area contributed by atoms with Crippen LogP contribution in [-0.2, 0) is 0 Å². The number of aromatic nitrogens is 1. The van der Waals surface area contributed by atoms with E-state index < -0.39 is 0 Å². The van der Waals surface area contributed by atoms with Crippen molar-refractivity contribution in [3.63, 3.8) is 0 Å². The lowest BCUT2D eigenvalue weighted by atomic mass is 10.0. The first-order valence-corrected chi connectivity index (χ1v) is 6.84. The molecule has 3 rings (SSSR count). The molecule has 3 aromatic rings. The Balaban J connectivity index is 1.91. The highest BCUT2D eigenvalue weighted by molar-refractivity contribution is 5.79. The Hall–Kier alpha value is -2.86. The molecule has 1 unspecified atom stereocenters. The Labute approximate surface area is 123 Å². The topological polar surface area (TPSA) is 48.7 Å². The van der Waals surface area contributed by atoms with Crippen LogP contribution in [0.15, 0.2) is 60.8 Å². The van der Waals surface area contributed by atoms with Gasteiger partial charge in [-0.25, -0.2) is 0 Å². The Morgan fingerprint density at radius 1 is 1.10 bits per heavy atom. The molecule has 1 atom stereocenters. The molecule has 0 aliphatic carbocycles.